The minimum absolute atomic E-state index is 0.00849. The maximum absolute atomic E-state index is 13.6. The van der Waals surface area contributed by atoms with Gasteiger partial charge in [0.05, 0.1) is 23.1 Å². The third-order valence-electron chi connectivity index (χ3n) is 8.26. The van der Waals surface area contributed by atoms with Crippen LogP contribution in [0, 0.1) is 6.92 Å². The van der Waals surface area contributed by atoms with Crippen molar-refractivity contribution in [3.05, 3.63) is 106 Å². The van der Waals surface area contributed by atoms with Gasteiger partial charge in [-0.05, 0) is 66.0 Å². The Morgan fingerprint density at radius 1 is 0.844 bits per heavy atom. The number of carboxylic acids is 1. The number of fused-ring (bicyclic) bond motifs is 1. The summed E-state index contributed by atoms with van der Waals surface area (Å²) < 4.78 is 11.2. The van der Waals surface area contributed by atoms with E-state index in [0.29, 0.717) is 12.0 Å². The summed E-state index contributed by atoms with van der Waals surface area (Å²) in [6.45, 7) is 0.949. The van der Waals surface area contributed by atoms with Gasteiger partial charge in [-0.2, -0.15) is 0 Å². The fraction of sp³-hybridized carbons (Fsp3) is 0.314. The van der Waals surface area contributed by atoms with Gasteiger partial charge in [-0.15, -0.1) is 0 Å². The van der Waals surface area contributed by atoms with Gasteiger partial charge < -0.3 is 40.1 Å². The molecule has 1 fully saturated rings. The van der Waals surface area contributed by atoms with E-state index in [0.717, 1.165) is 30.0 Å². The Bertz CT molecular complexity index is 1680. The Hall–Kier alpha value is -4.32. The van der Waals surface area contributed by atoms with Crippen LogP contribution in [0.3, 0.4) is 0 Å². The molecule has 0 saturated carbocycles. The first-order chi connectivity index (χ1) is 21.6. The molecule has 4 aromatic rings. The predicted molar refractivity (Wildman–Crippen MR) is 165 cm³/mol. The molecule has 5 atom stereocenters. The molecular formula is C35H36O10. The van der Waals surface area contributed by atoms with Crippen LogP contribution in [-0.4, -0.2) is 79.7 Å². The minimum Gasteiger partial charge on any atom is -0.506 e. The van der Waals surface area contributed by atoms with Gasteiger partial charge in [0.25, 0.3) is 0 Å². The molecule has 45 heavy (non-hydrogen) atoms. The number of aryl methyl sites for hydroxylation is 4. The molecule has 6 N–H and O–H groups in total. The molecule has 236 valence electrons. The number of aromatic carboxylic acids is 1. The zero-order chi connectivity index (χ0) is 32.2. The highest BCUT2D eigenvalue weighted by molar-refractivity contribution is 6.09. The Morgan fingerprint density at radius 2 is 1.51 bits per heavy atom. The van der Waals surface area contributed by atoms with E-state index in [9.17, 15) is 40.2 Å². The summed E-state index contributed by atoms with van der Waals surface area (Å²) in [5.41, 5.74) is 3.65. The van der Waals surface area contributed by atoms with E-state index in [1.54, 1.807) is 13.0 Å². The Kier molecular flexibility index (Phi) is 9.81. The third-order valence-corrected chi connectivity index (χ3v) is 8.26. The molecule has 0 aromatic heterocycles. The fourth-order valence-electron chi connectivity index (χ4n) is 5.82. The van der Waals surface area contributed by atoms with E-state index in [-0.39, 0.29) is 39.9 Å². The fourth-order valence-corrected chi connectivity index (χ4v) is 5.82. The number of Topliss-reactive ketones (excluding diaryl/α,β-unsaturated/α-hetero) is 1. The van der Waals surface area contributed by atoms with E-state index >= 15 is 0 Å². The third kappa shape index (κ3) is 6.85. The molecular weight excluding hydrogens is 580 g/mol. The van der Waals surface area contributed by atoms with Crippen LogP contribution in [0.1, 0.15) is 49.4 Å². The van der Waals surface area contributed by atoms with Crippen molar-refractivity contribution in [3.63, 3.8) is 0 Å². The normalized spacial score (nSPS) is 21.5. The number of rotatable bonds is 11. The first-order valence-electron chi connectivity index (χ1n) is 14.7. The summed E-state index contributed by atoms with van der Waals surface area (Å²) in [7, 11) is 0. The van der Waals surface area contributed by atoms with Gasteiger partial charge in [0.1, 0.15) is 35.9 Å². The minimum atomic E-state index is -1.78. The predicted octanol–water partition coefficient (Wildman–Crippen LogP) is 3.33. The van der Waals surface area contributed by atoms with Crippen molar-refractivity contribution in [2.24, 2.45) is 0 Å². The van der Waals surface area contributed by atoms with Gasteiger partial charge in [0, 0.05) is 6.42 Å². The number of ketones is 1. The first-order valence-corrected chi connectivity index (χ1v) is 14.7. The Balaban J connectivity index is 1.44. The van der Waals surface area contributed by atoms with Crippen molar-refractivity contribution < 1.29 is 49.7 Å². The van der Waals surface area contributed by atoms with Crippen molar-refractivity contribution >= 4 is 22.5 Å². The number of phenols is 1. The molecule has 4 aromatic carbocycles. The van der Waals surface area contributed by atoms with Crippen molar-refractivity contribution in [3.8, 4) is 11.5 Å². The number of hydrogen-bond donors (Lipinski definition) is 6. The average molecular weight is 617 g/mol. The Morgan fingerprint density at radius 3 is 2.18 bits per heavy atom. The first kappa shape index (κ1) is 32.1. The summed E-state index contributed by atoms with van der Waals surface area (Å²) in [6, 6.07) is 22.1. The molecule has 1 aliphatic rings. The van der Waals surface area contributed by atoms with Gasteiger partial charge >= 0.3 is 5.97 Å². The van der Waals surface area contributed by atoms with Crippen molar-refractivity contribution in [1.82, 2.24) is 0 Å². The van der Waals surface area contributed by atoms with Crippen molar-refractivity contribution in [1.29, 1.82) is 0 Å². The highest BCUT2D eigenvalue weighted by Gasteiger charge is 2.45. The summed E-state index contributed by atoms with van der Waals surface area (Å²) in [5, 5.41) is 61.9. The molecule has 0 aliphatic carbocycles. The summed E-state index contributed by atoms with van der Waals surface area (Å²) >= 11 is 0. The van der Waals surface area contributed by atoms with Gasteiger partial charge in [-0.3, -0.25) is 4.79 Å². The van der Waals surface area contributed by atoms with Crippen LogP contribution in [0.15, 0.2) is 72.8 Å². The highest BCUT2D eigenvalue weighted by atomic mass is 16.7. The lowest BCUT2D eigenvalue weighted by atomic mass is 9.91. The van der Waals surface area contributed by atoms with Crippen LogP contribution < -0.4 is 4.74 Å². The highest BCUT2D eigenvalue weighted by Crippen LogP contribution is 2.41. The summed E-state index contributed by atoms with van der Waals surface area (Å²) in [5.74, 6) is -2.28. The topological polar surface area (TPSA) is 174 Å². The molecule has 0 spiro atoms. The summed E-state index contributed by atoms with van der Waals surface area (Å²) in [6.07, 6.45) is -5.86. The molecule has 0 amide bonds. The number of carboxylic acid groups (broad SMARTS) is 1. The average Bonchev–Trinajstić information content (AvgIpc) is 3.03. The second kappa shape index (κ2) is 13.8. The van der Waals surface area contributed by atoms with Crippen LogP contribution in [0.4, 0.5) is 0 Å². The molecule has 1 aliphatic heterocycles. The quantitative estimate of drug-likeness (QED) is 0.137. The molecule has 1 saturated heterocycles. The lowest BCUT2D eigenvalue weighted by Crippen LogP contribution is -2.60. The van der Waals surface area contributed by atoms with Crippen LogP contribution in [0.5, 0.6) is 11.5 Å². The van der Waals surface area contributed by atoms with Crippen LogP contribution >= 0.6 is 0 Å². The monoisotopic (exact) mass is 616 g/mol. The largest absolute Gasteiger partial charge is 0.506 e. The van der Waals surface area contributed by atoms with Gasteiger partial charge in [0.2, 0.25) is 6.29 Å². The van der Waals surface area contributed by atoms with Gasteiger partial charge in [-0.25, -0.2) is 4.79 Å². The van der Waals surface area contributed by atoms with Crippen LogP contribution in [0.2, 0.25) is 0 Å². The van der Waals surface area contributed by atoms with Crippen LogP contribution in [0.25, 0.3) is 10.8 Å². The van der Waals surface area contributed by atoms with E-state index in [4.69, 9.17) is 9.47 Å². The van der Waals surface area contributed by atoms with Crippen LogP contribution in [-0.2, 0) is 24.0 Å². The molecule has 10 heteroatoms. The Labute approximate surface area is 259 Å². The molecule has 5 rings (SSSR count). The number of aliphatic hydroxyl groups is 4. The number of carbonyl (C=O) groups excluding carboxylic acids is 1. The smallest absolute Gasteiger partial charge is 0.335 e. The SMILES string of the molecule is Cc1cc2cc(C(=O)O)cc(O[C@@H]3O[C@H](CO)[C@@H](O)[C@H](O)[C@H]3O)c2c(O)c1C(=O)CCc1ccccc1CCc1ccccc1. The molecule has 1 heterocycles. The van der Waals surface area contributed by atoms with Crippen molar-refractivity contribution in [2.75, 3.05) is 6.61 Å². The molecule has 10 nitrogen and oxygen atoms in total. The number of aromatic hydroxyl groups is 1. The number of aliphatic hydroxyl groups excluding tert-OH is 4. The molecule has 0 bridgehead atoms. The maximum atomic E-state index is 13.6. The van der Waals surface area contributed by atoms with Gasteiger partial charge in [0.15, 0.2) is 5.78 Å². The van der Waals surface area contributed by atoms with E-state index in [1.807, 2.05) is 42.5 Å². The molecule has 0 unspecified atom stereocenters. The van der Waals surface area contributed by atoms with E-state index in [1.165, 1.54) is 11.6 Å². The number of benzene rings is 4. The number of hydrogen-bond acceptors (Lipinski definition) is 9. The van der Waals surface area contributed by atoms with Gasteiger partial charge in [-0.1, -0.05) is 60.7 Å². The zero-order valence-electron chi connectivity index (χ0n) is 24.7. The second-order valence-corrected chi connectivity index (χ2v) is 11.3. The number of carbonyl (C=O) groups is 2. The number of ether oxygens (including phenoxy) is 2. The lowest BCUT2D eigenvalue weighted by Gasteiger charge is -2.39. The lowest BCUT2D eigenvalue weighted by molar-refractivity contribution is -0.277. The summed E-state index contributed by atoms with van der Waals surface area (Å²) in [4.78, 5) is 25.5. The van der Waals surface area contributed by atoms with E-state index < -0.39 is 49.0 Å². The zero-order valence-corrected chi connectivity index (χ0v) is 24.7. The maximum Gasteiger partial charge on any atom is 0.335 e. The number of phenolic OH excluding ortho intramolecular Hbond substituents is 1. The van der Waals surface area contributed by atoms with Crippen molar-refractivity contribution in [2.45, 2.75) is 63.3 Å². The standard InChI is InChI=1S/C35H36O10/c1-19-15-23-16-24(34(42)43)17-26(44-35-33(41)32(40)30(38)27(18-36)45-35)29(23)31(39)28(19)25(37)14-13-22-10-6-5-9-21(22)12-11-20-7-3-2-4-8-20/h2-10,15-17,27,30,32-33,35-36,38-41H,11-14,18H2,1H3,(H,42,43)/t27-,30-,32+,33-,35-/m1/s1. The second-order valence-electron chi connectivity index (χ2n) is 11.3. The van der Waals surface area contributed by atoms with E-state index in [2.05, 4.69) is 12.1 Å². The molecule has 0 radical (unpaired) electrons.